The smallest absolute Gasteiger partial charge is 0.143 e. The Morgan fingerprint density at radius 1 is 0.273 bits per heavy atom. The molecule has 0 amide bonds. The van der Waals surface area contributed by atoms with Crippen LogP contribution in [0.1, 0.15) is 0 Å². The predicted octanol–water partition coefficient (Wildman–Crippen LogP) is 14.2. The minimum atomic E-state index is 0.884. The minimum Gasteiger partial charge on any atom is -0.455 e. The zero-order valence-corrected chi connectivity index (χ0v) is 29.8. The molecule has 0 N–H and O–H groups in total. The molecule has 0 spiro atoms. The Bertz CT molecular complexity index is 3210. The predicted molar refractivity (Wildman–Crippen MR) is 229 cm³/mol. The van der Waals surface area contributed by atoms with Gasteiger partial charge in [-0.3, -0.25) is 9.97 Å². The van der Waals surface area contributed by atoms with Crippen molar-refractivity contribution in [3.05, 3.63) is 194 Å². The molecular formula is C52H32N2O. The molecule has 9 aromatic carbocycles. The lowest BCUT2D eigenvalue weighted by Crippen LogP contribution is -1.90. The lowest BCUT2D eigenvalue weighted by molar-refractivity contribution is 0.671. The van der Waals surface area contributed by atoms with Gasteiger partial charge in [-0.2, -0.15) is 0 Å². The molecule has 3 heteroatoms. The first-order valence-corrected chi connectivity index (χ1v) is 18.6. The first-order chi connectivity index (χ1) is 27.3. The lowest BCUT2D eigenvalue weighted by Gasteiger charge is -2.14. The van der Waals surface area contributed by atoms with Crippen LogP contribution < -0.4 is 0 Å². The molecule has 0 saturated heterocycles. The summed E-state index contributed by atoms with van der Waals surface area (Å²) in [4.78, 5) is 9.54. The number of rotatable bonds is 5. The van der Waals surface area contributed by atoms with E-state index in [4.69, 9.17) is 14.4 Å². The molecule has 0 atom stereocenters. The number of nitrogens with zero attached hydrogens (tertiary/aromatic N) is 2. The zero-order chi connectivity index (χ0) is 36.3. The molecule has 55 heavy (non-hydrogen) atoms. The maximum absolute atomic E-state index is 7.03. The van der Waals surface area contributed by atoms with Gasteiger partial charge in [-0.15, -0.1) is 0 Å². The molecule has 0 aliphatic heterocycles. The second-order valence-electron chi connectivity index (χ2n) is 14.1. The Hall–Kier alpha value is -7.36. The van der Waals surface area contributed by atoms with E-state index in [2.05, 4.69) is 182 Å². The van der Waals surface area contributed by atoms with Gasteiger partial charge < -0.3 is 4.42 Å². The van der Waals surface area contributed by atoms with Crippen LogP contribution in [0.2, 0.25) is 0 Å². The number of hydrogen-bond acceptors (Lipinski definition) is 3. The number of benzene rings is 9. The molecule has 0 radical (unpaired) electrons. The Labute approximate surface area is 317 Å². The van der Waals surface area contributed by atoms with E-state index in [1.54, 1.807) is 12.4 Å². The number of hydrogen-bond donors (Lipinski definition) is 0. The second-order valence-corrected chi connectivity index (χ2v) is 14.1. The Kier molecular flexibility index (Phi) is 7.17. The van der Waals surface area contributed by atoms with E-state index >= 15 is 0 Å². The average molecular weight is 701 g/mol. The van der Waals surface area contributed by atoms with Crippen molar-refractivity contribution < 1.29 is 4.42 Å². The van der Waals surface area contributed by atoms with Gasteiger partial charge in [0.15, 0.2) is 0 Å². The van der Waals surface area contributed by atoms with Crippen LogP contribution in [0.5, 0.6) is 0 Å². The maximum Gasteiger partial charge on any atom is 0.143 e. The first kappa shape index (κ1) is 31.2. The summed E-state index contributed by atoms with van der Waals surface area (Å²) in [5, 5.41) is 6.73. The van der Waals surface area contributed by atoms with E-state index in [1.807, 2.05) is 0 Å². The van der Waals surface area contributed by atoms with Gasteiger partial charge in [0.25, 0.3) is 0 Å². The molecule has 0 aliphatic carbocycles. The van der Waals surface area contributed by atoms with Gasteiger partial charge in [-0.1, -0.05) is 152 Å². The summed E-state index contributed by atoms with van der Waals surface area (Å²) in [5.41, 5.74) is 14.9. The van der Waals surface area contributed by atoms with Crippen molar-refractivity contribution in [3.8, 4) is 55.6 Å². The molecule has 2 aromatic heterocycles. The number of furan rings is 1. The molecule has 0 aliphatic rings. The van der Waals surface area contributed by atoms with Gasteiger partial charge in [0, 0.05) is 45.1 Å². The van der Waals surface area contributed by atoms with E-state index in [0.717, 1.165) is 93.8 Å². The van der Waals surface area contributed by atoms with E-state index in [1.165, 1.54) is 16.3 Å². The van der Waals surface area contributed by atoms with Crippen molar-refractivity contribution in [2.24, 2.45) is 0 Å². The monoisotopic (exact) mass is 700 g/mol. The normalized spacial score (nSPS) is 11.6. The van der Waals surface area contributed by atoms with Crippen molar-refractivity contribution in [1.82, 2.24) is 9.97 Å². The van der Waals surface area contributed by atoms with Crippen LogP contribution in [-0.4, -0.2) is 9.97 Å². The third-order valence-corrected chi connectivity index (χ3v) is 10.9. The fraction of sp³-hybridized carbons (Fsp3) is 0. The molecule has 0 fully saturated rings. The summed E-state index contributed by atoms with van der Waals surface area (Å²) >= 11 is 0. The highest BCUT2D eigenvalue weighted by atomic mass is 16.3. The van der Waals surface area contributed by atoms with Crippen molar-refractivity contribution in [2.45, 2.75) is 0 Å². The van der Waals surface area contributed by atoms with Gasteiger partial charge >= 0.3 is 0 Å². The van der Waals surface area contributed by atoms with Gasteiger partial charge in [-0.25, -0.2) is 0 Å². The fourth-order valence-corrected chi connectivity index (χ4v) is 8.38. The Morgan fingerprint density at radius 2 is 0.727 bits per heavy atom. The molecule has 11 aromatic rings. The highest BCUT2D eigenvalue weighted by molar-refractivity contribution is 6.23. The number of fused-ring (bicyclic) bond motifs is 9. The van der Waals surface area contributed by atoms with Crippen LogP contribution in [0.4, 0.5) is 0 Å². The lowest BCUT2D eigenvalue weighted by atomic mass is 9.89. The molecular weight excluding hydrogens is 669 g/mol. The van der Waals surface area contributed by atoms with Crippen LogP contribution in [0.3, 0.4) is 0 Å². The third kappa shape index (κ3) is 5.13. The van der Waals surface area contributed by atoms with Crippen LogP contribution in [0.25, 0.3) is 110 Å². The number of aromatic nitrogens is 2. The standard InChI is InChI=1S/C52H32N2O/c1-4-14-33(15-5-1)37-29-44(34-16-6-2-7-17-34)51-47(30-37)48-32-38(31-45(52(48)55-51)35-18-8-3-9-19-35)40-21-11-10-20-39(40)36-24-25-43-46(28-36)41-22-12-13-23-42(41)49-50(43)54-27-26-53-49/h1-32H. The van der Waals surface area contributed by atoms with Crippen LogP contribution in [0, 0.1) is 0 Å². The van der Waals surface area contributed by atoms with E-state index in [9.17, 15) is 0 Å². The van der Waals surface area contributed by atoms with E-state index < -0.39 is 0 Å². The first-order valence-electron chi connectivity index (χ1n) is 18.6. The van der Waals surface area contributed by atoms with E-state index in [0.29, 0.717) is 0 Å². The molecule has 0 saturated carbocycles. The third-order valence-electron chi connectivity index (χ3n) is 10.9. The molecule has 256 valence electrons. The average Bonchev–Trinajstić information content (AvgIpc) is 3.65. The maximum atomic E-state index is 7.03. The minimum absolute atomic E-state index is 0.884. The van der Waals surface area contributed by atoms with Crippen LogP contribution in [-0.2, 0) is 0 Å². The van der Waals surface area contributed by atoms with Crippen molar-refractivity contribution in [1.29, 1.82) is 0 Å². The summed E-state index contributed by atoms with van der Waals surface area (Å²) < 4.78 is 7.03. The largest absolute Gasteiger partial charge is 0.455 e. The quantitative estimate of drug-likeness (QED) is 0.168. The Balaban J connectivity index is 1.19. The van der Waals surface area contributed by atoms with Crippen molar-refractivity contribution in [3.63, 3.8) is 0 Å². The second kappa shape index (κ2) is 12.6. The highest BCUT2D eigenvalue weighted by Crippen LogP contribution is 2.46. The topological polar surface area (TPSA) is 38.9 Å². The van der Waals surface area contributed by atoms with Gasteiger partial charge in [0.05, 0.1) is 11.0 Å². The zero-order valence-electron chi connectivity index (χ0n) is 29.8. The molecule has 2 heterocycles. The van der Waals surface area contributed by atoms with Crippen molar-refractivity contribution in [2.75, 3.05) is 0 Å². The van der Waals surface area contributed by atoms with Crippen LogP contribution >= 0.6 is 0 Å². The summed E-state index contributed by atoms with van der Waals surface area (Å²) in [6.07, 6.45) is 3.56. The molecule has 11 rings (SSSR count). The summed E-state index contributed by atoms with van der Waals surface area (Å²) in [6.45, 7) is 0. The molecule has 0 bridgehead atoms. The van der Waals surface area contributed by atoms with Gasteiger partial charge in [0.2, 0.25) is 0 Å². The molecule has 3 nitrogen and oxygen atoms in total. The van der Waals surface area contributed by atoms with Gasteiger partial charge in [0.1, 0.15) is 11.2 Å². The summed E-state index contributed by atoms with van der Waals surface area (Å²) in [5.74, 6) is 0. The summed E-state index contributed by atoms with van der Waals surface area (Å²) in [6, 6.07) is 65.1. The van der Waals surface area contributed by atoms with Crippen molar-refractivity contribution >= 4 is 54.5 Å². The van der Waals surface area contributed by atoms with Crippen LogP contribution in [0.15, 0.2) is 199 Å². The molecule has 0 unspecified atom stereocenters. The highest BCUT2D eigenvalue weighted by Gasteiger charge is 2.21. The van der Waals surface area contributed by atoms with Gasteiger partial charge in [-0.05, 0) is 85.6 Å². The Morgan fingerprint density at radius 3 is 1.35 bits per heavy atom. The fourth-order valence-electron chi connectivity index (χ4n) is 8.38. The van der Waals surface area contributed by atoms with E-state index in [-0.39, 0.29) is 0 Å². The SMILES string of the molecule is c1ccc(-c2cc(-c3ccccc3)c3oc4c(-c5ccccc5)cc(-c5ccccc5-c5ccc6c(c5)c5ccccc5c5nccnc65)cc4c3c2)cc1. The summed E-state index contributed by atoms with van der Waals surface area (Å²) in [7, 11) is 0.